The van der Waals surface area contributed by atoms with Crippen molar-refractivity contribution in [1.29, 1.82) is 0 Å². The molecule has 2 heteroatoms. The van der Waals surface area contributed by atoms with Crippen LogP contribution in [0.1, 0.15) is 37.0 Å². The van der Waals surface area contributed by atoms with Gasteiger partial charge in [-0.15, -0.1) is 0 Å². The minimum absolute atomic E-state index is 0.696. The molecule has 0 aliphatic carbocycles. The molecule has 164 valence electrons. The molecule has 3 rings (SSSR count). The van der Waals surface area contributed by atoms with Crippen LogP contribution in [-0.2, 0) is 22.3 Å². The molecule has 0 aliphatic heterocycles. The van der Waals surface area contributed by atoms with E-state index in [4.69, 9.17) is 3.07 Å². The van der Waals surface area contributed by atoms with Crippen LogP contribution in [0.2, 0.25) is 13.3 Å². The van der Waals surface area contributed by atoms with E-state index >= 15 is 0 Å². The van der Waals surface area contributed by atoms with Gasteiger partial charge in [-0.25, -0.2) is 0 Å². The van der Waals surface area contributed by atoms with Crippen LogP contribution in [0, 0.1) is 5.92 Å². The molecule has 3 aromatic carbocycles. The number of hydrogen-bond donors (Lipinski definition) is 0. The van der Waals surface area contributed by atoms with E-state index in [0.717, 1.165) is 25.9 Å². The van der Waals surface area contributed by atoms with Gasteiger partial charge in [0.2, 0.25) is 0 Å². The summed E-state index contributed by atoms with van der Waals surface area (Å²) in [5.41, 5.74) is 4.36. The molecule has 1 nitrogen and oxygen atoms in total. The van der Waals surface area contributed by atoms with Crippen molar-refractivity contribution < 1.29 is 3.07 Å². The third-order valence-electron chi connectivity index (χ3n) is 6.24. The van der Waals surface area contributed by atoms with Gasteiger partial charge in [-0.1, -0.05) is 0 Å². The molecule has 0 spiro atoms. The fourth-order valence-electron chi connectivity index (χ4n) is 4.15. The predicted octanol–water partition coefficient (Wildman–Crippen LogP) is 7.72. The molecule has 0 radical (unpaired) electrons. The summed E-state index contributed by atoms with van der Waals surface area (Å²) in [6.45, 7) is 5.54. The molecule has 31 heavy (non-hydrogen) atoms. The van der Waals surface area contributed by atoms with Gasteiger partial charge in [-0.05, 0) is 0 Å². The van der Waals surface area contributed by atoms with Crippen LogP contribution in [0.5, 0.6) is 0 Å². The summed E-state index contributed by atoms with van der Waals surface area (Å²) in [5.74, 6) is 0.696. The van der Waals surface area contributed by atoms with Crippen LogP contribution in [0.15, 0.2) is 91.0 Å². The summed E-state index contributed by atoms with van der Waals surface area (Å²) >= 11 is -2.84. The maximum absolute atomic E-state index is 7.02. The molecule has 0 saturated carbocycles. The van der Waals surface area contributed by atoms with Gasteiger partial charge >= 0.3 is 195 Å². The third kappa shape index (κ3) is 8.82. The molecule has 0 N–H and O–H groups in total. The Morgan fingerprint density at radius 1 is 0.581 bits per heavy atom. The average Bonchev–Trinajstić information content (AvgIpc) is 2.81. The first-order valence-corrected chi connectivity index (χ1v) is 19.1. The summed E-state index contributed by atoms with van der Waals surface area (Å²) in [4.78, 5) is 0. The second-order valence-corrected chi connectivity index (χ2v) is 21.0. The van der Waals surface area contributed by atoms with Crippen LogP contribution in [0.25, 0.3) is 0 Å². The zero-order valence-corrected chi connectivity index (χ0v) is 22.2. The zero-order valence-electron chi connectivity index (χ0n) is 19.3. The van der Waals surface area contributed by atoms with E-state index in [1.54, 1.807) is 0 Å². The SMILES string of the molecule is CC(C)CC[O][Sn]([CH2]Cc1ccccc1)([CH2]Cc1ccccc1)[CH2]Cc1ccccc1. The van der Waals surface area contributed by atoms with Gasteiger partial charge in [0.25, 0.3) is 0 Å². The quantitative estimate of drug-likeness (QED) is 0.209. The summed E-state index contributed by atoms with van der Waals surface area (Å²) < 4.78 is 10.8. The molecule has 0 aliphatic rings. The Morgan fingerprint density at radius 2 is 0.935 bits per heavy atom. The van der Waals surface area contributed by atoms with E-state index in [0.29, 0.717) is 5.92 Å². The fourth-order valence-corrected chi connectivity index (χ4v) is 15.5. The monoisotopic (exact) mass is 522 g/mol. The Labute approximate surface area is 194 Å². The van der Waals surface area contributed by atoms with Gasteiger partial charge in [0, 0.05) is 0 Å². The fraction of sp³-hybridized carbons (Fsp3) is 0.379. The Balaban J connectivity index is 1.77. The van der Waals surface area contributed by atoms with Crippen molar-refractivity contribution in [2.24, 2.45) is 5.92 Å². The van der Waals surface area contributed by atoms with Gasteiger partial charge in [-0.3, -0.25) is 0 Å². The van der Waals surface area contributed by atoms with Gasteiger partial charge in [0.05, 0.1) is 0 Å². The molecule has 0 fully saturated rings. The van der Waals surface area contributed by atoms with Gasteiger partial charge in [0.15, 0.2) is 0 Å². The first kappa shape index (κ1) is 24.1. The predicted molar refractivity (Wildman–Crippen MR) is 136 cm³/mol. The maximum atomic E-state index is 7.02. The van der Waals surface area contributed by atoms with Crippen LogP contribution in [0.4, 0.5) is 0 Å². The number of benzene rings is 3. The van der Waals surface area contributed by atoms with E-state index < -0.39 is 18.8 Å². The van der Waals surface area contributed by atoms with Crippen LogP contribution in [0.3, 0.4) is 0 Å². The Bertz CT molecular complexity index is 740. The van der Waals surface area contributed by atoms with Crippen molar-refractivity contribution >= 4 is 18.8 Å². The van der Waals surface area contributed by atoms with Crippen LogP contribution >= 0.6 is 0 Å². The topological polar surface area (TPSA) is 9.23 Å². The molecule has 0 bridgehead atoms. The van der Waals surface area contributed by atoms with Crippen LogP contribution < -0.4 is 0 Å². The first-order valence-electron chi connectivity index (χ1n) is 11.9. The van der Waals surface area contributed by atoms with Crippen molar-refractivity contribution in [2.75, 3.05) is 6.61 Å². The van der Waals surface area contributed by atoms with Crippen molar-refractivity contribution in [1.82, 2.24) is 0 Å². The first-order chi connectivity index (χ1) is 15.2. The Kier molecular flexibility index (Phi) is 10.2. The normalized spacial score (nSPS) is 11.7. The summed E-state index contributed by atoms with van der Waals surface area (Å²) in [7, 11) is 0. The molecule has 0 unspecified atom stereocenters. The number of rotatable bonds is 13. The Morgan fingerprint density at radius 3 is 1.26 bits per heavy atom. The summed E-state index contributed by atoms with van der Waals surface area (Å²) in [5, 5.41) is 0. The van der Waals surface area contributed by atoms with Gasteiger partial charge in [-0.2, -0.15) is 0 Å². The summed E-state index contributed by atoms with van der Waals surface area (Å²) in [6, 6.07) is 33.0. The van der Waals surface area contributed by atoms with E-state index in [9.17, 15) is 0 Å². The standard InChI is InChI=1S/3C8H9.C5H11O.Sn/c3*1-2-8-6-4-3-5-7-8;1-5(2)3-4-6;/h3*3-7H,1-2H2;5H,3-4H2,1-2H3;/q;;;-1;+1. The second kappa shape index (κ2) is 13.1. The van der Waals surface area contributed by atoms with Crippen molar-refractivity contribution in [3.63, 3.8) is 0 Å². The number of hydrogen-bond acceptors (Lipinski definition) is 1. The molecule has 0 saturated heterocycles. The third-order valence-corrected chi connectivity index (χ3v) is 18.5. The van der Waals surface area contributed by atoms with E-state index in [1.807, 2.05) is 0 Å². The van der Waals surface area contributed by atoms with Crippen molar-refractivity contribution in [3.05, 3.63) is 108 Å². The molecule has 0 heterocycles. The molecular weight excluding hydrogens is 483 g/mol. The summed E-state index contributed by atoms with van der Waals surface area (Å²) in [6.07, 6.45) is 4.63. The van der Waals surface area contributed by atoms with Gasteiger partial charge in [0.1, 0.15) is 0 Å². The van der Waals surface area contributed by atoms with Crippen LogP contribution in [-0.4, -0.2) is 25.4 Å². The zero-order chi connectivity index (χ0) is 21.8. The molecule has 0 aromatic heterocycles. The molecule has 0 amide bonds. The second-order valence-electron chi connectivity index (χ2n) is 9.17. The van der Waals surface area contributed by atoms with Gasteiger partial charge < -0.3 is 0 Å². The molecule has 3 aromatic rings. The van der Waals surface area contributed by atoms with E-state index in [-0.39, 0.29) is 0 Å². The van der Waals surface area contributed by atoms with E-state index in [2.05, 4.69) is 105 Å². The van der Waals surface area contributed by atoms with Crippen molar-refractivity contribution in [2.45, 2.75) is 52.8 Å². The average molecular weight is 521 g/mol. The molecular formula is C29H38OSn. The number of aryl methyl sites for hydroxylation is 3. The van der Waals surface area contributed by atoms with E-state index in [1.165, 1.54) is 36.4 Å². The molecule has 0 atom stereocenters. The Hall–Kier alpha value is -1.58. The minimum atomic E-state index is -2.84. The van der Waals surface area contributed by atoms with Crippen molar-refractivity contribution in [3.8, 4) is 0 Å².